The van der Waals surface area contributed by atoms with Crippen molar-refractivity contribution in [3.8, 4) is 0 Å². The van der Waals surface area contributed by atoms with Gasteiger partial charge in [-0.2, -0.15) is 0 Å². The molecule has 0 aliphatic carbocycles. The van der Waals surface area contributed by atoms with Crippen molar-refractivity contribution in [2.75, 3.05) is 34.5 Å². The van der Waals surface area contributed by atoms with Crippen molar-refractivity contribution < 1.29 is 43.2 Å². The molecule has 12 heteroatoms. The Balaban J connectivity index is 2.94. The van der Waals surface area contributed by atoms with E-state index in [1.165, 1.54) is 45.4 Å². The molecule has 0 spiro atoms. The predicted octanol–water partition coefficient (Wildman–Crippen LogP) is 6.16. The maximum atomic E-state index is 13.3. The summed E-state index contributed by atoms with van der Waals surface area (Å²) in [6, 6.07) is -0.965. The van der Waals surface area contributed by atoms with E-state index < -0.39 is 42.1 Å². The third kappa shape index (κ3) is 14.5. The van der Waals surface area contributed by atoms with Gasteiger partial charge in [0.2, 0.25) is 5.91 Å². The predicted molar refractivity (Wildman–Crippen MR) is 177 cm³/mol. The van der Waals surface area contributed by atoms with Gasteiger partial charge in [-0.1, -0.05) is 62.8 Å². The highest BCUT2D eigenvalue weighted by Gasteiger charge is 2.37. The zero-order valence-electron chi connectivity index (χ0n) is 28.5. The first-order valence-corrected chi connectivity index (χ1v) is 16.3. The topological polar surface area (TPSA) is 132 Å². The molecular weight excluding hydrogens is 616 g/mol. The average Bonchev–Trinajstić information content (AvgIpc) is 3.35. The first-order chi connectivity index (χ1) is 21.8. The molecule has 0 aromatic rings. The van der Waals surface area contributed by atoms with Crippen LogP contribution in [0.15, 0.2) is 46.9 Å². The number of halogens is 1. The van der Waals surface area contributed by atoms with Crippen LogP contribution < -0.4 is 0 Å². The first kappa shape index (κ1) is 40.9. The lowest BCUT2D eigenvalue weighted by Crippen LogP contribution is -2.42. The molecule has 260 valence electrons. The van der Waals surface area contributed by atoms with E-state index in [9.17, 15) is 24.3 Å². The van der Waals surface area contributed by atoms with Crippen molar-refractivity contribution in [2.45, 2.75) is 110 Å². The van der Waals surface area contributed by atoms with Gasteiger partial charge in [0.25, 0.3) is 11.8 Å². The van der Waals surface area contributed by atoms with Crippen LogP contribution in [-0.4, -0.2) is 90.9 Å². The fourth-order valence-electron chi connectivity index (χ4n) is 4.73. The second kappa shape index (κ2) is 21.6. The fourth-order valence-corrected chi connectivity index (χ4v) is 4.88. The molecule has 1 aliphatic rings. The molecule has 1 rings (SSSR count). The van der Waals surface area contributed by atoms with E-state index in [0.717, 1.165) is 41.2 Å². The van der Waals surface area contributed by atoms with Gasteiger partial charge >= 0.3 is 6.09 Å². The van der Waals surface area contributed by atoms with Crippen LogP contribution in [-0.2, 0) is 33.3 Å². The zero-order chi connectivity index (χ0) is 34.7. The molecule has 0 radical (unpaired) electrons. The minimum Gasteiger partial charge on any atom is -0.501 e. The minimum atomic E-state index is -0.965. The fraction of sp³-hybridized carbons (Fsp3) is 0.647. The van der Waals surface area contributed by atoms with Crippen LogP contribution in [0.3, 0.4) is 0 Å². The third-order valence-corrected chi connectivity index (χ3v) is 7.53. The van der Waals surface area contributed by atoms with E-state index in [2.05, 4.69) is 6.92 Å². The molecule has 0 aromatic heterocycles. The summed E-state index contributed by atoms with van der Waals surface area (Å²) < 4.78 is 21.6. The van der Waals surface area contributed by atoms with Gasteiger partial charge in [-0.25, -0.2) is 9.69 Å². The van der Waals surface area contributed by atoms with Gasteiger partial charge in [0, 0.05) is 37.6 Å². The highest BCUT2D eigenvalue weighted by atomic mass is 35.5. The van der Waals surface area contributed by atoms with Crippen LogP contribution in [0, 0.1) is 0 Å². The monoisotopic (exact) mass is 668 g/mol. The van der Waals surface area contributed by atoms with Crippen LogP contribution in [0.2, 0.25) is 0 Å². The minimum absolute atomic E-state index is 0.0501. The van der Waals surface area contributed by atoms with E-state index in [-0.39, 0.29) is 37.0 Å². The number of nitrogens with zero attached hydrogens (tertiary/aromatic N) is 2. The van der Waals surface area contributed by atoms with E-state index in [0.29, 0.717) is 12.0 Å². The van der Waals surface area contributed by atoms with Crippen molar-refractivity contribution in [1.82, 2.24) is 9.80 Å². The summed E-state index contributed by atoms with van der Waals surface area (Å²) in [5, 5.41) is 9.71. The van der Waals surface area contributed by atoms with E-state index in [1.807, 2.05) is 12.2 Å². The number of amides is 4. The summed E-state index contributed by atoms with van der Waals surface area (Å²) >= 11 is 6.11. The van der Waals surface area contributed by atoms with Gasteiger partial charge in [0.1, 0.15) is 23.2 Å². The first-order valence-electron chi connectivity index (χ1n) is 15.8. The molecule has 1 N–H and O–H groups in total. The molecule has 0 unspecified atom stereocenters. The Morgan fingerprint density at radius 2 is 1.80 bits per heavy atom. The second-order valence-corrected chi connectivity index (χ2v) is 12.2. The number of rotatable bonds is 20. The Morgan fingerprint density at radius 3 is 2.37 bits per heavy atom. The Bertz CT molecular complexity index is 1120. The van der Waals surface area contributed by atoms with Gasteiger partial charge in [-0.05, 0) is 45.6 Å². The number of allylic oxidation sites excluding steroid dienone is 2. The highest BCUT2D eigenvalue weighted by molar-refractivity contribution is 6.25. The van der Waals surface area contributed by atoms with Crippen molar-refractivity contribution in [3.05, 3.63) is 46.9 Å². The molecule has 0 aromatic carbocycles. The molecular formula is C34H53ClN2O9. The largest absolute Gasteiger partial charge is 0.501 e. The number of hydrogen-bond donors (Lipinski definition) is 1. The van der Waals surface area contributed by atoms with Crippen LogP contribution in [0.5, 0.6) is 0 Å². The maximum Gasteiger partial charge on any atom is 0.417 e. The number of carbonyl (C=O) groups excluding carboxylic acids is 4. The molecule has 46 heavy (non-hydrogen) atoms. The number of aliphatic hydroxyl groups is 1. The van der Waals surface area contributed by atoms with Gasteiger partial charge in [-0.15, -0.1) is 0 Å². The molecule has 11 nitrogen and oxygen atoms in total. The van der Waals surface area contributed by atoms with Gasteiger partial charge in [-0.3, -0.25) is 19.3 Å². The number of unbranched alkanes of at least 4 members (excludes halogenated alkanes) is 4. The number of imide groups is 2. The summed E-state index contributed by atoms with van der Waals surface area (Å²) in [6.45, 7) is 6.56. The van der Waals surface area contributed by atoms with E-state index in [4.69, 9.17) is 30.5 Å². The van der Waals surface area contributed by atoms with E-state index >= 15 is 0 Å². The molecule has 0 bridgehead atoms. The smallest absolute Gasteiger partial charge is 0.417 e. The molecule has 2 atom stereocenters. The quantitative estimate of drug-likeness (QED) is 0.0702. The van der Waals surface area contributed by atoms with Crippen molar-refractivity contribution in [2.24, 2.45) is 0 Å². The standard InChI is InChI=1S/C34H53ClN2O9/c1-8-9-10-11-13-16-26(43-5)17-14-12-15-18-30(39)36(33(42)46-34(2,3)4)23-25(22-35)19-27(44-6)20-31(40)37-28(24-38)29(45-7)21-32(37)41/h12,14,20-22,26,28,38H,8-11,13,15-19,23-24H2,1-7H3/b14-12+,25-22-,27-20+/t26-,28-/m0/s1. The number of hydrogen-bond acceptors (Lipinski definition) is 9. The van der Waals surface area contributed by atoms with Crippen LogP contribution in [0.1, 0.15) is 91.9 Å². The lowest BCUT2D eigenvalue weighted by molar-refractivity contribution is -0.140. The summed E-state index contributed by atoms with van der Waals surface area (Å²) in [5.74, 6) is -1.56. The molecule has 4 amide bonds. The molecule has 0 saturated heterocycles. The Labute approximate surface area is 279 Å². The zero-order valence-corrected chi connectivity index (χ0v) is 29.3. The average molecular weight is 669 g/mol. The molecule has 1 heterocycles. The second-order valence-electron chi connectivity index (χ2n) is 12.0. The van der Waals surface area contributed by atoms with Gasteiger partial charge < -0.3 is 24.1 Å². The summed E-state index contributed by atoms with van der Waals surface area (Å²) in [5.41, 5.74) is 0.731. The molecule has 0 saturated carbocycles. The number of carbonyl (C=O) groups is 4. The third-order valence-electron chi connectivity index (χ3n) is 7.22. The van der Waals surface area contributed by atoms with Crippen molar-refractivity contribution in [3.63, 3.8) is 0 Å². The number of aliphatic hydroxyl groups excluding tert-OH is 1. The Morgan fingerprint density at radius 1 is 1.11 bits per heavy atom. The maximum absolute atomic E-state index is 13.3. The van der Waals surface area contributed by atoms with Gasteiger partial charge in [0.15, 0.2) is 0 Å². The van der Waals surface area contributed by atoms with E-state index in [1.54, 1.807) is 27.9 Å². The SMILES string of the molecule is CCCCCCC[C@@H](C/C=C/CCC(=O)N(C/C(=C\Cl)C/C(=C\C(=O)N1C(=O)C=C(OC)[C@@H]1CO)OC)C(=O)OC(C)(C)C)OC. The summed E-state index contributed by atoms with van der Waals surface area (Å²) in [7, 11) is 4.38. The van der Waals surface area contributed by atoms with Crippen molar-refractivity contribution in [1.29, 1.82) is 0 Å². The Kier molecular flexibility index (Phi) is 19.2. The lowest BCUT2D eigenvalue weighted by Gasteiger charge is -2.27. The summed E-state index contributed by atoms with van der Waals surface area (Å²) in [6.07, 6.45) is 13.6. The van der Waals surface area contributed by atoms with Crippen LogP contribution in [0.25, 0.3) is 0 Å². The van der Waals surface area contributed by atoms with Crippen LogP contribution >= 0.6 is 11.6 Å². The number of ether oxygens (including phenoxy) is 4. The van der Waals surface area contributed by atoms with Crippen LogP contribution in [0.4, 0.5) is 4.79 Å². The molecule has 0 fully saturated rings. The summed E-state index contributed by atoms with van der Waals surface area (Å²) in [4.78, 5) is 53.6. The van der Waals surface area contributed by atoms with Gasteiger partial charge in [0.05, 0.1) is 33.5 Å². The Hall–Kier alpha value is -3.15. The molecule has 1 aliphatic heterocycles. The normalized spacial score (nSPS) is 16.5. The number of methoxy groups -OCH3 is 3. The lowest BCUT2D eigenvalue weighted by atomic mass is 10.1. The van der Waals surface area contributed by atoms with Crippen molar-refractivity contribution >= 4 is 35.4 Å². The highest BCUT2D eigenvalue weighted by Crippen LogP contribution is 2.23.